The van der Waals surface area contributed by atoms with Gasteiger partial charge in [-0.1, -0.05) is 40.2 Å². The smallest absolute Gasteiger partial charge is 0.270 e. The van der Waals surface area contributed by atoms with Crippen molar-refractivity contribution in [3.05, 3.63) is 74.2 Å². The van der Waals surface area contributed by atoms with Gasteiger partial charge in [-0.2, -0.15) is 5.26 Å². The summed E-state index contributed by atoms with van der Waals surface area (Å²) in [6, 6.07) is 14.2. The van der Waals surface area contributed by atoms with Crippen molar-refractivity contribution in [2.24, 2.45) is 0 Å². The van der Waals surface area contributed by atoms with E-state index in [0.29, 0.717) is 5.56 Å². The van der Waals surface area contributed by atoms with Gasteiger partial charge in [-0.15, -0.1) is 0 Å². The van der Waals surface area contributed by atoms with Crippen LogP contribution in [0.25, 0.3) is 0 Å². The molecule has 0 N–H and O–H groups in total. The number of nitriles is 1. The van der Waals surface area contributed by atoms with Gasteiger partial charge in [0, 0.05) is 22.2 Å². The van der Waals surface area contributed by atoms with E-state index in [1.54, 1.807) is 24.3 Å². The minimum Gasteiger partial charge on any atom is -0.292 e. The summed E-state index contributed by atoms with van der Waals surface area (Å²) in [5.74, 6) is -1.44. The number of nitro benzene ring substituents is 1. The van der Waals surface area contributed by atoms with Crippen LogP contribution in [0.3, 0.4) is 0 Å². The molecule has 0 aliphatic heterocycles. The van der Waals surface area contributed by atoms with E-state index in [-0.39, 0.29) is 11.3 Å². The highest BCUT2D eigenvalue weighted by Gasteiger charge is 2.23. The van der Waals surface area contributed by atoms with Gasteiger partial charge in [0.2, 0.25) is 0 Å². The van der Waals surface area contributed by atoms with E-state index in [1.165, 1.54) is 24.3 Å². The van der Waals surface area contributed by atoms with E-state index in [2.05, 4.69) is 15.9 Å². The number of rotatable bonds is 4. The average Bonchev–Trinajstić information content (AvgIpc) is 2.50. The summed E-state index contributed by atoms with van der Waals surface area (Å²) in [5, 5.41) is 20.0. The van der Waals surface area contributed by atoms with Crippen LogP contribution in [0.2, 0.25) is 0 Å². The molecule has 1 unspecified atom stereocenters. The van der Waals surface area contributed by atoms with Crippen LogP contribution in [0.1, 0.15) is 21.8 Å². The van der Waals surface area contributed by atoms with Gasteiger partial charge in [0.25, 0.3) is 5.69 Å². The molecule has 0 aliphatic rings. The van der Waals surface area contributed by atoms with Crippen molar-refractivity contribution in [3.8, 4) is 6.07 Å². The maximum Gasteiger partial charge on any atom is 0.270 e. The molecule has 2 rings (SSSR count). The molecule has 0 amide bonds. The number of benzene rings is 2. The standard InChI is InChI=1S/C15H9BrN2O3/c16-12-6-4-10(5-7-12)14(9-17)15(19)11-2-1-3-13(8-11)18(20)21/h1-8,14H. The number of halogens is 1. The molecular formula is C15H9BrN2O3. The van der Waals surface area contributed by atoms with Crippen LogP contribution >= 0.6 is 15.9 Å². The Morgan fingerprint density at radius 1 is 1.24 bits per heavy atom. The van der Waals surface area contributed by atoms with Crippen LogP contribution in [0.5, 0.6) is 0 Å². The third-order valence-corrected chi connectivity index (χ3v) is 3.46. The Bertz CT molecular complexity index is 735. The van der Waals surface area contributed by atoms with Crippen molar-refractivity contribution in [2.45, 2.75) is 5.92 Å². The summed E-state index contributed by atoms with van der Waals surface area (Å²) >= 11 is 3.28. The minimum atomic E-state index is -0.986. The van der Waals surface area contributed by atoms with Crippen molar-refractivity contribution in [2.75, 3.05) is 0 Å². The molecule has 6 heteroatoms. The number of hydrogen-bond donors (Lipinski definition) is 0. The number of nitro groups is 1. The topological polar surface area (TPSA) is 84.0 Å². The molecule has 0 aromatic heterocycles. The molecule has 5 nitrogen and oxygen atoms in total. The fourth-order valence-corrected chi connectivity index (χ4v) is 2.14. The number of carbonyl (C=O) groups is 1. The predicted molar refractivity (Wildman–Crippen MR) is 79.9 cm³/mol. The zero-order valence-corrected chi connectivity index (χ0v) is 12.3. The lowest BCUT2D eigenvalue weighted by atomic mass is 9.92. The SMILES string of the molecule is N#CC(C(=O)c1cccc([N+](=O)[O-])c1)c1ccc(Br)cc1. The minimum absolute atomic E-state index is 0.152. The lowest BCUT2D eigenvalue weighted by Crippen LogP contribution is -2.11. The maximum atomic E-state index is 12.4. The van der Waals surface area contributed by atoms with Gasteiger partial charge in [-0.3, -0.25) is 14.9 Å². The number of hydrogen-bond acceptors (Lipinski definition) is 4. The first-order valence-electron chi connectivity index (χ1n) is 5.96. The first kappa shape index (κ1) is 14.9. The largest absolute Gasteiger partial charge is 0.292 e. The van der Waals surface area contributed by atoms with Crippen LogP contribution in [-0.2, 0) is 0 Å². The fourth-order valence-electron chi connectivity index (χ4n) is 1.88. The van der Waals surface area contributed by atoms with Crippen LogP contribution in [0.4, 0.5) is 5.69 Å². The Labute approximate surface area is 129 Å². The van der Waals surface area contributed by atoms with Gasteiger partial charge in [0.05, 0.1) is 11.0 Å². The Kier molecular flexibility index (Phi) is 4.45. The van der Waals surface area contributed by atoms with E-state index in [9.17, 15) is 20.2 Å². The van der Waals surface area contributed by atoms with Gasteiger partial charge in [0.1, 0.15) is 5.92 Å². The van der Waals surface area contributed by atoms with Gasteiger partial charge >= 0.3 is 0 Å². The lowest BCUT2D eigenvalue weighted by molar-refractivity contribution is -0.384. The van der Waals surface area contributed by atoms with Crippen molar-refractivity contribution >= 4 is 27.4 Å². The fraction of sp³-hybridized carbons (Fsp3) is 0.0667. The predicted octanol–water partition coefficient (Wildman–Crippen LogP) is 3.85. The van der Waals surface area contributed by atoms with Crippen molar-refractivity contribution in [3.63, 3.8) is 0 Å². The Morgan fingerprint density at radius 3 is 2.48 bits per heavy atom. The number of non-ortho nitro benzene ring substituents is 1. The van der Waals surface area contributed by atoms with E-state index in [1.807, 2.05) is 6.07 Å². The molecule has 0 saturated heterocycles. The summed E-state index contributed by atoms with van der Waals surface area (Å²) in [7, 11) is 0. The van der Waals surface area contributed by atoms with E-state index >= 15 is 0 Å². The second-order valence-electron chi connectivity index (χ2n) is 4.29. The summed E-state index contributed by atoms with van der Waals surface area (Å²) in [4.78, 5) is 22.6. The summed E-state index contributed by atoms with van der Waals surface area (Å²) in [6.07, 6.45) is 0. The van der Waals surface area contributed by atoms with Crippen LogP contribution in [-0.4, -0.2) is 10.7 Å². The van der Waals surface area contributed by atoms with Gasteiger partial charge in [-0.25, -0.2) is 0 Å². The highest BCUT2D eigenvalue weighted by atomic mass is 79.9. The van der Waals surface area contributed by atoms with Crippen molar-refractivity contribution in [1.82, 2.24) is 0 Å². The zero-order chi connectivity index (χ0) is 15.4. The second-order valence-corrected chi connectivity index (χ2v) is 5.20. The molecule has 104 valence electrons. The monoisotopic (exact) mass is 344 g/mol. The molecule has 0 heterocycles. The molecule has 0 bridgehead atoms. The van der Waals surface area contributed by atoms with Gasteiger partial charge in [0.15, 0.2) is 5.78 Å². The normalized spacial score (nSPS) is 11.4. The molecule has 21 heavy (non-hydrogen) atoms. The number of ketones is 1. The van der Waals surface area contributed by atoms with E-state index in [4.69, 9.17) is 0 Å². The lowest BCUT2D eigenvalue weighted by Gasteiger charge is -2.08. The van der Waals surface area contributed by atoms with Crippen LogP contribution in [0, 0.1) is 21.4 Å². The van der Waals surface area contributed by atoms with Crippen LogP contribution in [0.15, 0.2) is 53.0 Å². The summed E-state index contributed by atoms with van der Waals surface area (Å²) in [6.45, 7) is 0. The molecule has 0 radical (unpaired) electrons. The Balaban J connectivity index is 2.37. The Hall–Kier alpha value is -2.52. The molecule has 2 aromatic rings. The van der Waals surface area contributed by atoms with E-state index < -0.39 is 16.6 Å². The van der Waals surface area contributed by atoms with E-state index in [0.717, 1.165) is 4.47 Å². The third kappa shape index (κ3) is 3.33. The molecule has 0 fully saturated rings. The quantitative estimate of drug-likeness (QED) is 0.479. The molecular weight excluding hydrogens is 336 g/mol. The van der Waals surface area contributed by atoms with Crippen LogP contribution < -0.4 is 0 Å². The number of nitrogens with zero attached hydrogens (tertiary/aromatic N) is 2. The summed E-state index contributed by atoms with van der Waals surface area (Å²) < 4.78 is 0.839. The second kappa shape index (κ2) is 6.29. The highest BCUT2D eigenvalue weighted by Crippen LogP contribution is 2.24. The molecule has 2 aromatic carbocycles. The van der Waals surface area contributed by atoms with Gasteiger partial charge in [-0.05, 0) is 17.7 Å². The van der Waals surface area contributed by atoms with Crippen molar-refractivity contribution in [1.29, 1.82) is 5.26 Å². The maximum absolute atomic E-state index is 12.4. The number of carbonyl (C=O) groups excluding carboxylic acids is 1. The van der Waals surface area contributed by atoms with Crippen molar-refractivity contribution < 1.29 is 9.72 Å². The molecule has 0 spiro atoms. The molecule has 1 atom stereocenters. The highest BCUT2D eigenvalue weighted by molar-refractivity contribution is 9.10. The number of Topliss-reactive ketones (excluding diaryl/α,β-unsaturated/α-hetero) is 1. The summed E-state index contributed by atoms with van der Waals surface area (Å²) in [5.41, 5.74) is 0.532. The first-order chi connectivity index (χ1) is 10.0. The Morgan fingerprint density at radius 2 is 1.90 bits per heavy atom. The first-order valence-corrected chi connectivity index (χ1v) is 6.76. The van der Waals surface area contributed by atoms with Gasteiger partial charge < -0.3 is 0 Å². The molecule has 0 aliphatic carbocycles. The molecule has 0 saturated carbocycles. The third-order valence-electron chi connectivity index (χ3n) is 2.94. The zero-order valence-electron chi connectivity index (χ0n) is 10.7. The average molecular weight is 345 g/mol.